The summed E-state index contributed by atoms with van der Waals surface area (Å²) >= 11 is 7.05. The number of fused-ring (bicyclic) bond motifs is 2. The maximum absolute atomic E-state index is 13.7. The van der Waals surface area contributed by atoms with Crippen molar-refractivity contribution >= 4 is 54.4 Å². The van der Waals surface area contributed by atoms with Crippen LogP contribution in [0.5, 0.6) is 0 Å². The summed E-state index contributed by atoms with van der Waals surface area (Å²) in [7, 11) is 0. The van der Waals surface area contributed by atoms with Crippen LogP contribution in [0.2, 0.25) is 0 Å². The molecule has 29 heavy (non-hydrogen) atoms. The van der Waals surface area contributed by atoms with Crippen molar-refractivity contribution in [1.82, 2.24) is 4.98 Å². The van der Waals surface area contributed by atoms with Crippen LogP contribution in [0.15, 0.2) is 81.9 Å². The van der Waals surface area contributed by atoms with Gasteiger partial charge in [-0.25, -0.2) is 0 Å². The van der Waals surface area contributed by atoms with E-state index < -0.39 is 5.60 Å². The Kier molecular flexibility index (Phi) is 4.38. The molecule has 4 aromatic rings. The van der Waals surface area contributed by atoms with E-state index in [1.807, 2.05) is 66.7 Å². The lowest BCUT2D eigenvalue weighted by molar-refractivity contribution is -0.132. The van der Waals surface area contributed by atoms with Gasteiger partial charge in [0.25, 0.3) is 5.91 Å². The van der Waals surface area contributed by atoms with Gasteiger partial charge in [-0.3, -0.25) is 4.79 Å². The standard InChI is InChI=1S/C23H16Br2N2O2/c24-15-9-10-21-17(11-15)23(29,18-12-26-20-8-4-2-6-16(18)20)22(28)27(21)13-14-5-1-3-7-19(14)25/h1-12,26,29H,13H2. The summed E-state index contributed by atoms with van der Waals surface area (Å²) in [5.41, 5.74) is 1.94. The van der Waals surface area contributed by atoms with Crippen molar-refractivity contribution in [2.24, 2.45) is 0 Å². The van der Waals surface area contributed by atoms with Gasteiger partial charge >= 0.3 is 0 Å². The molecule has 5 rings (SSSR count). The summed E-state index contributed by atoms with van der Waals surface area (Å²) in [5, 5.41) is 12.7. The second-order valence-corrected chi connectivity index (χ2v) is 8.87. The first kappa shape index (κ1) is 18.6. The van der Waals surface area contributed by atoms with E-state index in [0.29, 0.717) is 23.4 Å². The fourth-order valence-corrected chi connectivity index (χ4v) is 4.81. The zero-order valence-corrected chi connectivity index (χ0v) is 18.4. The maximum Gasteiger partial charge on any atom is 0.268 e. The molecular weight excluding hydrogens is 496 g/mol. The van der Waals surface area contributed by atoms with Gasteiger partial charge in [0.2, 0.25) is 0 Å². The van der Waals surface area contributed by atoms with Gasteiger partial charge in [-0.1, -0.05) is 68.3 Å². The molecule has 4 nitrogen and oxygen atoms in total. The van der Waals surface area contributed by atoms with Gasteiger partial charge in [-0.15, -0.1) is 0 Å². The Hall–Kier alpha value is -2.41. The number of anilines is 1. The van der Waals surface area contributed by atoms with Crippen LogP contribution < -0.4 is 4.90 Å². The third-order valence-electron chi connectivity index (χ3n) is 5.46. The van der Waals surface area contributed by atoms with Crippen molar-refractivity contribution in [3.63, 3.8) is 0 Å². The van der Waals surface area contributed by atoms with Gasteiger partial charge in [0.15, 0.2) is 5.60 Å². The molecule has 1 aromatic heterocycles. The highest BCUT2D eigenvalue weighted by Crippen LogP contribution is 2.48. The normalized spacial score (nSPS) is 18.4. The van der Waals surface area contributed by atoms with Crippen molar-refractivity contribution in [3.8, 4) is 0 Å². The van der Waals surface area contributed by atoms with Crippen LogP contribution in [0.25, 0.3) is 10.9 Å². The summed E-state index contributed by atoms with van der Waals surface area (Å²) in [6.07, 6.45) is 1.73. The molecule has 0 fully saturated rings. The molecule has 1 aliphatic rings. The topological polar surface area (TPSA) is 56.3 Å². The van der Waals surface area contributed by atoms with Gasteiger partial charge in [-0.2, -0.15) is 0 Å². The number of benzene rings is 3. The quantitative estimate of drug-likeness (QED) is 0.383. The fourth-order valence-electron chi connectivity index (χ4n) is 4.04. The molecule has 1 amide bonds. The highest BCUT2D eigenvalue weighted by Gasteiger charge is 2.52. The summed E-state index contributed by atoms with van der Waals surface area (Å²) in [6.45, 7) is 0.361. The predicted octanol–water partition coefficient (Wildman–Crippen LogP) is 5.48. The second kappa shape index (κ2) is 6.83. The number of rotatable bonds is 3. The molecule has 0 bridgehead atoms. The van der Waals surface area contributed by atoms with Crippen LogP contribution in [0, 0.1) is 0 Å². The van der Waals surface area contributed by atoms with Crippen molar-refractivity contribution in [3.05, 3.63) is 98.6 Å². The molecule has 0 radical (unpaired) electrons. The van der Waals surface area contributed by atoms with Crippen molar-refractivity contribution in [2.45, 2.75) is 12.1 Å². The van der Waals surface area contributed by atoms with E-state index in [1.54, 1.807) is 11.1 Å². The van der Waals surface area contributed by atoms with Crippen LogP contribution in [0.3, 0.4) is 0 Å². The number of hydrogen-bond acceptors (Lipinski definition) is 2. The summed E-state index contributed by atoms with van der Waals surface area (Å²) in [6, 6.07) is 21.1. The molecule has 0 aliphatic carbocycles. The SMILES string of the molecule is O=C1N(Cc2ccccc2Br)c2ccc(Br)cc2C1(O)c1c[nH]c2ccccc12. The summed E-state index contributed by atoms with van der Waals surface area (Å²) in [4.78, 5) is 18.5. The van der Waals surface area contributed by atoms with E-state index in [4.69, 9.17) is 0 Å². The number of aromatic amines is 1. The van der Waals surface area contributed by atoms with Crippen LogP contribution in [0.4, 0.5) is 5.69 Å². The molecule has 1 atom stereocenters. The Bertz CT molecular complexity index is 1270. The van der Waals surface area contributed by atoms with Gasteiger partial charge < -0.3 is 15.0 Å². The zero-order valence-electron chi connectivity index (χ0n) is 15.2. The number of nitrogens with one attached hydrogen (secondary N) is 1. The number of carbonyl (C=O) groups excluding carboxylic acids is 1. The highest BCUT2D eigenvalue weighted by atomic mass is 79.9. The zero-order chi connectivity index (χ0) is 20.2. The van der Waals surface area contributed by atoms with E-state index in [-0.39, 0.29) is 5.91 Å². The average molecular weight is 512 g/mol. The molecule has 0 spiro atoms. The largest absolute Gasteiger partial charge is 0.372 e. The number of halogens is 2. The van der Waals surface area contributed by atoms with E-state index in [0.717, 1.165) is 25.4 Å². The molecule has 0 saturated heterocycles. The molecule has 1 unspecified atom stereocenters. The van der Waals surface area contributed by atoms with Crippen molar-refractivity contribution < 1.29 is 9.90 Å². The number of H-pyrrole nitrogens is 1. The molecular formula is C23H16Br2N2O2. The summed E-state index contributed by atoms with van der Waals surface area (Å²) < 4.78 is 1.74. The number of aromatic nitrogens is 1. The minimum Gasteiger partial charge on any atom is -0.372 e. The van der Waals surface area contributed by atoms with Crippen LogP contribution in [-0.4, -0.2) is 16.0 Å². The molecule has 144 valence electrons. The van der Waals surface area contributed by atoms with Crippen molar-refractivity contribution in [1.29, 1.82) is 0 Å². The Morgan fingerprint density at radius 1 is 0.966 bits per heavy atom. The van der Waals surface area contributed by atoms with Gasteiger partial charge in [0, 0.05) is 37.2 Å². The average Bonchev–Trinajstić information content (AvgIpc) is 3.24. The third kappa shape index (κ3) is 2.78. The first-order valence-electron chi connectivity index (χ1n) is 9.14. The minimum atomic E-state index is -1.76. The lowest BCUT2D eigenvalue weighted by atomic mass is 9.87. The monoisotopic (exact) mass is 510 g/mol. The summed E-state index contributed by atoms with van der Waals surface area (Å²) in [5.74, 6) is -0.355. The van der Waals surface area contributed by atoms with Gasteiger partial charge in [-0.05, 0) is 35.9 Å². The van der Waals surface area contributed by atoms with Crippen LogP contribution in [-0.2, 0) is 16.9 Å². The number of hydrogen-bond donors (Lipinski definition) is 2. The molecule has 2 N–H and O–H groups in total. The Labute approximate surface area is 184 Å². The number of amides is 1. The Morgan fingerprint density at radius 2 is 1.72 bits per heavy atom. The van der Waals surface area contributed by atoms with Crippen molar-refractivity contribution in [2.75, 3.05) is 4.90 Å². The third-order valence-corrected chi connectivity index (χ3v) is 6.73. The molecule has 0 saturated carbocycles. The van der Waals surface area contributed by atoms with Crippen LogP contribution >= 0.6 is 31.9 Å². The van der Waals surface area contributed by atoms with E-state index >= 15 is 0 Å². The molecule has 3 aromatic carbocycles. The molecule has 2 heterocycles. The van der Waals surface area contributed by atoms with Gasteiger partial charge in [0.1, 0.15) is 0 Å². The van der Waals surface area contributed by atoms with Gasteiger partial charge in [0.05, 0.1) is 12.2 Å². The first-order chi connectivity index (χ1) is 14.0. The molecule has 1 aliphatic heterocycles. The van der Waals surface area contributed by atoms with E-state index in [1.165, 1.54) is 0 Å². The maximum atomic E-state index is 13.7. The van der Waals surface area contributed by atoms with E-state index in [9.17, 15) is 9.90 Å². The minimum absolute atomic E-state index is 0.355. The first-order valence-corrected chi connectivity index (χ1v) is 10.7. The number of carbonyl (C=O) groups is 1. The number of para-hydroxylation sites is 1. The highest BCUT2D eigenvalue weighted by molar-refractivity contribution is 9.10. The number of nitrogens with zero attached hydrogens (tertiary/aromatic N) is 1. The lowest BCUT2D eigenvalue weighted by Crippen LogP contribution is -2.40. The van der Waals surface area contributed by atoms with Crippen LogP contribution in [0.1, 0.15) is 16.7 Å². The Balaban J connectivity index is 1.70. The Morgan fingerprint density at radius 3 is 2.55 bits per heavy atom. The smallest absolute Gasteiger partial charge is 0.268 e. The second-order valence-electron chi connectivity index (χ2n) is 7.10. The molecule has 6 heteroatoms. The van der Waals surface area contributed by atoms with E-state index in [2.05, 4.69) is 36.8 Å². The predicted molar refractivity (Wildman–Crippen MR) is 121 cm³/mol. The fraction of sp³-hybridized carbons (Fsp3) is 0.0870. The lowest BCUT2D eigenvalue weighted by Gasteiger charge is -2.23. The number of aliphatic hydroxyl groups is 1.